The third-order valence-electron chi connectivity index (χ3n) is 10.4. The van der Waals surface area contributed by atoms with Crippen LogP contribution in [0.3, 0.4) is 0 Å². The van der Waals surface area contributed by atoms with Crippen molar-refractivity contribution in [1.82, 2.24) is 4.90 Å². The number of likely N-dealkylation sites (tertiary alicyclic amines) is 1. The van der Waals surface area contributed by atoms with Gasteiger partial charge in [-0.2, -0.15) is 0 Å². The first-order valence-electron chi connectivity index (χ1n) is 20.2. The molecule has 0 N–H and O–H groups in total. The first-order chi connectivity index (χ1) is 22.5. The maximum absolute atomic E-state index is 13.0. The SMILES string of the molecule is CCCCCCCCCCCCCCO[C@@H]1[C@@H](OCCCCCCCCCCCCCC)CO[C@@H]1COC(=O)C1(C)CCN(C)C1. The molecule has 2 aliphatic heterocycles. The van der Waals surface area contributed by atoms with Gasteiger partial charge in [-0.05, 0) is 39.8 Å². The van der Waals surface area contributed by atoms with E-state index in [1.165, 1.54) is 141 Å². The van der Waals surface area contributed by atoms with E-state index in [9.17, 15) is 4.79 Å². The molecule has 2 rings (SSSR count). The molecule has 2 heterocycles. The summed E-state index contributed by atoms with van der Waals surface area (Å²) in [5, 5.41) is 0. The molecule has 1 unspecified atom stereocenters. The zero-order chi connectivity index (χ0) is 33.1. The van der Waals surface area contributed by atoms with E-state index in [0.29, 0.717) is 6.61 Å². The van der Waals surface area contributed by atoms with Gasteiger partial charge < -0.3 is 23.8 Å². The summed E-state index contributed by atoms with van der Waals surface area (Å²) in [7, 11) is 2.07. The summed E-state index contributed by atoms with van der Waals surface area (Å²) in [6.07, 6.45) is 32.4. The number of hydrogen-bond acceptors (Lipinski definition) is 6. The largest absolute Gasteiger partial charge is 0.462 e. The summed E-state index contributed by atoms with van der Waals surface area (Å²) in [6, 6.07) is 0. The normalized spacial score (nSPS) is 23.4. The molecule has 2 aliphatic rings. The molecule has 4 atom stereocenters. The molecule has 0 aliphatic carbocycles. The van der Waals surface area contributed by atoms with Gasteiger partial charge in [0, 0.05) is 19.8 Å². The van der Waals surface area contributed by atoms with Crippen molar-refractivity contribution in [2.75, 3.05) is 46.6 Å². The third-order valence-corrected chi connectivity index (χ3v) is 10.4. The molecule has 0 bridgehead atoms. The van der Waals surface area contributed by atoms with Gasteiger partial charge in [-0.25, -0.2) is 0 Å². The minimum Gasteiger partial charge on any atom is -0.462 e. The van der Waals surface area contributed by atoms with Gasteiger partial charge in [0.05, 0.1) is 12.0 Å². The van der Waals surface area contributed by atoms with Gasteiger partial charge in [0.25, 0.3) is 0 Å². The second-order valence-corrected chi connectivity index (χ2v) is 15.0. The maximum atomic E-state index is 13.0. The van der Waals surface area contributed by atoms with Crippen molar-refractivity contribution < 1.29 is 23.7 Å². The van der Waals surface area contributed by atoms with Gasteiger partial charge >= 0.3 is 5.97 Å². The topological polar surface area (TPSA) is 57.2 Å². The molecule has 272 valence electrons. The minimum atomic E-state index is -0.427. The zero-order valence-corrected chi connectivity index (χ0v) is 31.1. The predicted molar refractivity (Wildman–Crippen MR) is 193 cm³/mol. The van der Waals surface area contributed by atoms with E-state index in [0.717, 1.165) is 45.6 Å². The summed E-state index contributed by atoms with van der Waals surface area (Å²) in [5.41, 5.74) is -0.427. The van der Waals surface area contributed by atoms with E-state index >= 15 is 0 Å². The summed E-state index contributed by atoms with van der Waals surface area (Å²) in [6.45, 7) is 10.5. The molecule has 2 saturated heterocycles. The first-order valence-corrected chi connectivity index (χ1v) is 20.2. The number of unbranched alkanes of at least 4 members (excludes halogenated alkanes) is 22. The van der Waals surface area contributed by atoms with E-state index in [2.05, 4.69) is 25.8 Å². The van der Waals surface area contributed by atoms with Crippen molar-refractivity contribution in [3.8, 4) is 0 Å². The van der Waals surface area contributed by atoms with Crippen molar-refractivity contribution in [2.24, 2.45) is 5.41 Å². The summed E-state index contributed by atoms with van der Waals surface area (Å²) < 4.78 is 24.8. The Morgan fingerprint density at radius 3 is 1.54 bits per heavy atom. The number of nitrogens with zero attached hydrogens (tertiary/aromatic N) is 1. The lowest BCUT2D eigenvalue weighted by Gasteiger charge is -2.26. The van der Waals surface area contributed by atoms with Crippen LogP contribution in [0.4, 0.5) is 0 Å². The second kappa shape index (κ2) is 27.2. The molecular formula is C40H77NO5. The number of esters is 1. The van der Waals surface area contributed by atoms with Crippen LogP contribution in [0.25, 0.3) is 0 Å². The molecule has 0 aromatic carbocycles. The van der Waals surface area contributed by atoms with Crippen molar-refractivity contribution >= 4 is 5.97 Å². The monoisotopic (exact) mass is 652 g/mol. The third kappa shape index (κ3) is 18.7. The van der Waals surface area contributed by atoms with Crippen LogP contribution in [0.2, 0.25) is 0 Å². The Balaban J connectivity index is 1.63. The van der Waals surface area contributed by atoms with Crippen LogP contribution in [-0.2, 0) is 23.7 Å². The van der Waals surface area contributed by atoms with Crippen molar-refractivity contribution in [2.45, 2.75) is 200 Å². The van der Waals surface area contributed by atoms with Gasteiger partial charge in [-0.15, -0.1) is 0 Å². The summed E-state index contributed by atoms with van der Waals surface area (Å²) in [5.74, 6) is -0.110. The Morgan fingerprint density at radius 2 is 1.11 bits per heavy atom. The molecule has 2 fully saturated rings. The summed E-state index contributed by atoms with van der Waals surface area (Å²) >= 11 is 0. The number of carbonyl (C=O) groups excluding carboxylic acids is 1. The van der Waals surface area contributed by atoms with E-state index in [1.54, 1.807) is 0 Å². The van der Waals surface area contributed by atoms with Crippen LogP contribution < -0.4 is 0 Å². The van der Waals surface area contributed by atoms with E-state index in [-0.39, 0.29) is 30.9 Å². The average molecular weight is 652 g/mol. The van der Waals surface area contributed by atoms with Crippen LogP contribution in [0.5, 0.6) is 0 Å². The molecular weight excluding hydrogens is 574 g/mol. The van der Waals surface area contributed by atoms with Crippen LogP contribution in [0.15, 0.2) is 0 Å². The molecule has 0 aromatic heterocycles. The highest BCUT2D eigenvalue weighted by Crippen LogP contribution is 2.31. The molecule has 0 amide bonds. The molecule has 0 saturated carbocycles. The Labute approximate surface area is 285 Å². The number of carbonyl (C=O) groups is 1. The minimum absolute atomic E-state index is 0.0815. The molecule has 0 spiro atoms. The van der Waals surface area contributed by atoms with Crippen molar-refractivity contribution in [1.29, 1.82) is 0 Å². The van der Waals surface area contributed by atoms with Gasteiger partial charge in [0.2, 0.25) is 0 Å². The van der Waals surface area contributed by atoms with Crippen LogP contribution in [0.1, 0.15) is 181 Å². The lowest BCUT2D eigenvalue weighted by atomic mass is 9.90. The number of ether oxygens (including phenoxy) is 4. The molecule has 0 aromatic rings. The van der Waals surface area contributed by atoms with Gasteiger partial charge in [0.15, 0.2) is 0 Å². The number of rotatable bonds is 31. The molecule has 6 heteroatoms. The second-order valence-electron chi connectivity index (χ2n) is 15.0. The first kappa shape index (κ1) is 41.5. The molecule has 46 heavy (non-hydrogen) atoms. The average Bonchev–Trinajstić information content (AvgIpc) is 3.62. The highest BCUT2D eigenvalue weighted by atomic mass is 16.6. The Kier molecular flexibility index (Phi) is 24.5. The Hall–Kier alpha value is -0.690. The van der Waals surface area contributed by atoms with E-state index in [1.807, 2.05) is 6.92 Å². The summed E-state index contributed by atoms with van der Waals surface area (Å²) in [4.78, 5) is 15.2. The van der Waals surface area contributed by atoms with E-state index < -0.39 is 5.41 Å². The van der Waals surface area contributed by atoms with E-state index in [4.69, 9.17) is 18.9 Å². The van der Waals surface area contributed by atoms with Gasteiger partial charge in [-0.3, -0.25) is 4.79 Å². The fourth-order valence-electron chi connectivity index (χ4n) is 7.18. The Morgan fingerprint density at radius 1 is 0.674 bits per heavy atom. The fourth-order valence-corrected chi connectivity index (χ4v) is 7.18. The zero-order valence-electron chi connectivity index (χ0n) is 31.1. The Bertz CT molecular complexity index is 720. The predicted octanol–water partition coefficient (Wildman–Crippen LogP) is 10.4. The van der Waals surface area contributed by atoms with Crippen molar-refractivity contribution in [3.63, 3.8) is 0 Å². The lowest BCUT2D eigenvalue weighted by Crippen LogP contribution is -2.40. The highest BCUT2D eigenvalue weighted by molar-refractivity contribution is 5.77. The highest BCUT2D eigenvalue weighted by Gasteiger charge is 2.43. The smallest absolute Gasteiger partial charge is 0.313 e. The standard InChI is InChI=1S/C40H77NO5/c1-5-7-9-11-13-15-17-19-21-23-25-27-31-43-36-33-45-37(34-46-39(42)40(3)29-30-41(4)35-40)38(36)44-32-28-26-24-22-20-18-16-14-12-10-8-6-2/h36-38H,5-35H2,1-4H3/t36-,37+,38+,40?/m0/s1. The maximum Gasteiger partial charge on any atom is 0.313 e. The van der Waals surface area contributed by atoms with Crippen molar-refractivity contribution in [3.05, 3.63) is 0 Å². The molecule has 0 radical (unpaired) electrons. The van der Waals surface area contributed by atoms with Gasteiger partial charge in [-0.1, -0.05) is 155 Å². The quantitative estimate of drug-likeness (QED) is 0.0549. The number of hydrogen-bond donors (Lipinski definition) is 0. The van der Waals surface area contributed by atoms with Crippen LogP contribution >= 0.6 is 0 Å². The van der Waals surface area contributed by atoms with Crippen LogP contribution in [0, 0.1) is 5.41 Å². The van der Waals surface area contributed by atoms with Crippen LogP contribution in [-0.4, -0.2) is 75.7 Å². The fraction of sp³-hybridized carbons (Fsp3) is 0.975. The lowest BCUT2D eigenvalue weighted by molar-refractivity contribution is -0.160. The molecule has 6 nitrogen and oxygen atoms in total. The van der Waals surface area contributed by atoms with Gasteiger partial charge in [0.1, 0.15) is 24.9 Å².